The number of carbonyl (C=O) groups excluding carboxylic acids is 3. The number of amides is 3. The van der Waals surface area contributed by atoms with Crippen LogP contribution >= 0.6 is 0 Å². The van der Waals surface area contributed by atoms with Crippen molar-refractivity contribution in [3.8, 4) is 0 Å². The molecule has 1 fully saturated rings. The van der Waals surface area contributed by atoms with Crippen molar-refractivity contribution in [1.82, 2.24) is 0 Å². The Morgan fingerprint density at radius 1 is 0.967 bits per heavy atom. The van der Waals surface area contributed by atoms with Crippen LogP contribution in [-0.2, 0) is 19.6 Å². The van der Waals surface area contributed by atoms with E-state index < -0.39 is 33.9 Å². The molecule has 0 radical (unpaired) electrons. The number of halogens is 3. The normalized spacial score (nSPS) is 15.7. The number of nitrogens with zero attached hydrogens (tertiary/aromatic N) is 1. The van der Waals surface area contributed by atoms with Gasteiger partial charge in [0.25, 0.3) is 5.91 Å². The summed E-state index contributed by atoms with van der Waals surface area (Å²) in [6, 6.07) is 10.4. The molecule has 3 amide bonds. The zero-order chi connectivity index (χ0) is 22.1. The van der Waals surface area contributed by atoms with Crippen LogP contribution in [0.4, 0.5) is 30.2 Å². The molecule has 2 N–H and O–H groups in total. The molecule has 0 aliphatic carbocycles. The third-order valence-electron chi connectivity index (χ3n) is 4.08. The maximum absolute atomic E-state index is 12.4. The second-order valence-electron chi connectivity index (χ2n) is 6.26. The summed E-state index contributed by atoms with van der Waals surface area (Å²) in [4.78, 5) is 35.2. The Kier molecular flexibility index (Phi) is 5.53. The number of carbonyl (C=O) groups is 3. The van der Waals surface area contributed by atoms with E-state index in [1.54, 1.807) is 5.32 Å². The summed E-state index contributed by atoms with van der Waals surface area (Å²) >= 11 is 0. The minimum atomic E-state index is -5.03. The summed E-state index contributed by atoms with van der Waals surface area (Å²) in [5.74, 6) is -3.65. The number of hydrogen-bond acceptors (Lipinski definition) is 5. The lowest BCUT2D eigenvalue weighted by Gasteiger charge is -2.16. The first-order chi connectivity index (χ1) is 14.0. The zero-order valence-corrected chi connectivity index (χ0v) is 15.9. The predicted molar refractivity (Wildman–Crippen MR) is 101 cm³/mol. The topological polar surface area (TPSA) is 113 Å². The average Bonchev–Trinajstić information content (AvgIpc) is 2.95. The van der Waals surface area contributed by atoms with Crippen molar-refractivity contribution >= 4 is 44.8 Å². The average molecular weight is 441 g/mol. The van der Waals surface area contributed by atoms with Gasteiger partial charge in [-0.2, -0.15) is 13.2 Å². The lowest BCUT2D eigenvalue weighted by atomic mass is 10.1. The third-order valence-corrected chi connectivity index (χ3v) is 5.77. The number of rotatable bonds is 4. The molecule has 0 bridgehead atoms. The highest BCUT2D eigenvalue weighted by Gasteiger charge is 2.38. The van der Waals surface area contributed by atoms with Crippen LogP contribution in [-0.4, -0.2) is 38.1 Å². The van der Waals surface area contributed by atoms with E-state index in [0.29, 0.717) is 4.31 Å². The molecule has 12 heteroatoms. The maximum Gasteiger partial charge on any atom is 0.471 e. The highest BCUT2D eigenvalue weighted by molar-refractivity contribution is 7.94. The van der Waals surface area contributed by atoms with Crippen LogP contribution in [0.2, 0.25) is 0 Å². The first-order valence-electron chi connectivity index (χ1n) is 8.43. The van der Waals surface area contributed by atoms with Crippen molar-refractivity contribution in [2.45, 2.75) is 12.6 Å². The van der Waals surface area contributed by atoms with Crippen LogP contribution < -0.4 is 14.9 Å². The molecule has 2 aromatic carbocycles. The van der Waals surface area contributed by atoms with E-state index in [1.165, 1.54) is 48.5 Å². The van der Waals surface area contributed by atoms with E-state index in [1.807, 2.05) is 0 Å². The van der Waals surface area contributed by atoms with Gasteiger partial charge in [-0.05, 0) is 42.5 Å². The van der Waals surface area contributed by atoms with Gasteiger partial charge in [-0.3, -0.25) is 14.4 Å². The van der Waals surface area contributed by atoms with Gasteiger partial charge < -0.3 is 10.6 Å². The van der Waals surface area contributed by atoms with Gasteiger partial charge in [-0.1, -0.05) is 6.07 Å². The fourth-order valence-electron chi connectivity index (χ4n) is 2.68. The Morgan fingerprint density at radius 2 is 1.57 bits per heavy atom. The summed E-state index contributed by atoms with van der Waals surface area (Å²) in [7, 11) is -3.78. The molecule has 1 aliphatic heterocycles. The fraction of sp³-hybridized carbons (Fsp3) is 0.167. The minimum absolute atomic E-state index is 0.0374. The summed E-state index contributed by atoms with van der Waals surface area (Å²) < 4.78 is 61.5. The van der Waals surface area contributed by atoms with Gasteiger partial charge in [0.05, 0.1) is 11.4 Å². The quantitative estimate of drug-likeness (QED) is 0.757. The van der Waals surface area contributed by atoms with Gasteiger partial charge in [0.15, 0.2) is 0 Å². The first kappa shape index (κ1) is 21.3. The van der Waals surface area contributed by atoms with Crippen LogP contribution in [0.5, 0.6) is 0 Å². The van der Waals surface area contributed by atoms with Crippen molar-refractivity contribution < 1.29 is 36.0 Å². The molecule has 0 spiro atoms. The molecule has 1 aliphatic rings. The lowest BCUT2D eigenvalue weighted by molar-refractivity contribution is -0.167. The van der Waals surface area contributed by atoms with Crippen LogP contribution in [0.1, 0.15) is 16.8 Å². The number of benzene rings is 2. The Balaban J connectivity index is 1.72. The minimum Gasteiger partial charge on any atom is -0.322 e. The van der Waals surface area contributed by atoms with Gasteiger partial charge in [0.2, 0.25) is 15.9 Å². The number of anilines is 3. The van der Waals surface area contributed by atoms with Crippen LogP contribution in [0.25, 0.3) is 0 Å². The molecule has 1 heterocycles. The standard InChI is InChI=1S/C18H14F3N3O5S/c19-18(20,21)17(27)23-13-6-4-12(5-7-13)22-16(26)11-2-1-3-14(10-11)24-15(25)8-9-30(24,28)29/h1-7,10H,8-9H2,(H,22,26)(H,23,27). The van der Waals surface area contributed by atoms with E-state index in [9.17, 15) is 36.0 Å². The Labute approximate surface area is 168 Å². The van der Waals surface area contributed by atoms with Crippen molar-refractivity contribution in [2.75, 3.05) is 20.7 Å². The number of sulfonamides is 1. The van der Waals surface area contributed by atoms with Gasteiger partial charge >= 0.3 is 12.1 Å². The number of nitrogens with one attached hydrogen (secondary N) is 2. The second kappa shape index (κ2) is 7.78. The molecule has 0 aromatic heterocycles. The molecule has 0 saturated carbocycles. The predicted octanol–water partition coefficient (Wildman–Crippen LogP) is 2.51. The largest absolute Gasteiger partial charge is 0.471 e. The summed E-state index contributed by atoms with van der Waals surface area (Å²) in [6.45, 7) is 0. The monoisotopic (exact) mass is 441 g/mol. The Morgan fingerprint density at radius 3 is 2.10 bits per heavy atom. The van der Waals surface area contributed by atoms with E-state index in [2.05, 4.69) is 5.32 Å². The van der Waals surface area contributed by atoms with Gasteiger partial charge in [0.1, 0.15) is 0 Å². The lowest BCUT2D eigenvalue weighted by Crippen LogP contribution is -2.29. The van der Waals surface area contributed by atoms with Gasteiger partial charge in [-0.25, -0.2) is 12.7 Å². The second-order valence-corrected chi connectivity index (χ2v) is 8.20. The molecular formula is C18H14F3N3O5S. The van der Waals surface area contributed by atoms with Crippen molar-refractivity contribution in [3.05, 3.63) is 54.1 Å². The van der Waals surface area contributed by atoms with Crippen molar-refractivity contribution in [1.29, 1.82) is 0 Å². The molecule has 0 unspecified atom stereocenters. The summed E-state index contributed by atoms with van der Waals surface area (Å²) in [5.41, 5.74) is 0.211. The van der Waals surface area contributed by atoms with Crippen LogP contribution in [0.3, 0.4) is 0 Å². The molecule has 158 valence electrons. The molecular weight excluding hydrogens is 427 g/mol. The molecule has 8 nitrogen and oxygen atoms in total. The first-order valence-corrected chi connectivity index (χ1v) is 10.0. The molecule has 0 atom stereocenters. The SMILES string of the molecule is O=C(Nc1ccc(NC(=O)C(F)(F)F)cc1)c1cccc(N2C(=O)CCS2(=O)=O)c1. The summed E-state index contributed by atoms with van der Waals surface area (Å²) in [5, 5.41) is 4.17. The molecule has 30 heavy (non-hydrogen) atoms. The van der Waals surface area contributed by atoms with Gasteiger partial charge in [0, 0.05) is 23.4 Å². The van der Waals surface area contributed by atoms with Crippen LogP contribution in [0.15, 0.2) is 48.5 Å². The number of hydrogen-bond donors (Lipinski definition) is 2. The van der Waals surface area contributed by atoms with Gasteiger partial charge in [-0.15, -0.1) is 0 Å². The fourth-order valence-corrected chi connectivity index (χ4v) is 4.14. The third kappa shape index (κ3) is 4.59. The van der Waals surface area contributed by atoms with Crippen molar-refractivity contribution in [2.24, 2.45) is 0 Å². The van der Waals surface area contributed by atoms with E-state index in [4.69, 9.17) is 0 Å². The Bertz CT molecular complexity index is 1110. The Hall–Kier alpha value is -3.41. The van der Waals surface area contributed by atoms with Crippen LogP contribution in [0, 0.1) is 0 Å². The highest BCUT2D eigenvalue weighted by Crippen LogP contribution is 2.26. The highest BCUT2D eigenvalue weighted by atomic mass is 32.2. The maximum atomic E-state index is 12.4. The molecule has 3 rings (SSSR count). The molecule has 1 saturated heterocycles. The zero-order valence-electron chi connectivity index (χ0n) is 15.1. The molecule has 2 aromatic rings. The summed E-state index contributed by atoms with van der Waals surface area (Å²) in [6.07, 6.45) is -5.17. The van der Waals surface area contributed by atoms with Crippen molar-refractivity contribution in [3.63, 3.8) is 0 Å². The van der Waals surface area contributed by atoms with E-state index in [-0.39, 0.29) is 34.8 Å². The smallest absolute Gasteiger partial charge is 0.322 e. The number of alkyl halides is 3. The van der Waals surface area contributed by atoms with E-state index >= 15 is 0 Å². The van der Waals surface area contributed by atoms with E-state index in [0.717, 1.165) is 0 Å².